The summed E-state index contributed by atoms with van der Waals surface area (Å²) < 4.78 is 0.901. The molecule has 4 heteroatoms. The highest BCUT2D eigenvalue weighted by molar-refractivity contribution is 9.10. The van der Waals surface area contributed by atoms with E-state index in [4.69, 9.17) is 0 Å². The number of carbonyl (C=O) groups is 2. The zero-order valence-corrected chi connectivity index (χ0v) is 15.5. The lowest BCUT2D eigenvalue weighted by Crippen LogP contribution is -2.39. The fraction of sp³-hybridized carbons (Fsp3) is 0.0909. The summed E-state index contributed by atoms with van der Waals surface area (Å²) in [6.45, 7) is 0. The van der Waals surface area contributed by atoms with Gasteiger partial charge in [-0.3, -0.25) is 9.59 Å². The largest absolute Gasteiger partial charge is 0.274 e. The summed E-state index contributed by atoms with van der Waals surface area (Å²) in [6.07, 6.45) is 0.121. The Morgan fingerprint density at radius 2 is 1.23 bits per heavy atom. The molecule has 0 unspecified atom stereocenters. The average molecular weight is 406 g/mol. The summed E-state index contributed by atoms with van der Waals surface area (Å²) in [6, 6.07) is 26.4. The number of anilines is 1. The molecule has 0 aliphatic carbocycles. The number of halogens is 1. The summed E-state index contributed by atoms with van der Waals surface area (Å²) in [4.78, 5) is 27.9. The zero-order valence-electron chi connectivity index (χ0n) is 13.9. The monoisotopic (exact) mass is 405 g/mol. The molecule has 4 rings (SSSR count). The molecule has 0 spiro atoms. The molecule has 1 aliphatic rings. The third kappa shape index (κ3) is 2.58. The van der Waals surface area contributed by atoms with E-state index in [2.05, 4.69) is 15.9 Å². The van der Waals surface area contributed by atoms with Crippen LogP contribution >= 0.6 is 15.9 Å². The molecule has 2 amide bonds. The van der Waals surface area contributed by atoms with Gasteiger partial charge < -0.3 is 0 Å². The fourth-order valence-corrected chi connectivity index (χ4v) is 3.86. The van der Waals surface area contributed by atoms with E-state index in [0.29, 0.717) is 5.69 Å². The molecule has 1 saturated heterocycles. The van der Waals surface area contributed by atoms with Crippen molar-refractivity contribution in [3.63, 3.8) is 0 Å². The van der Waals surface area contributed by atoms with Gasteiger partial charge in [0.05, 0.1) is 12.1 Å². The zero-order chi connectivity index (χ0) is 18.1. The maximum atomic E-state index is 13.6. The highest BCUT2D eigenvalue weighted by Gasteiger charge is 2.54. The molecule has 1 fully saturated rings. The second-order valence-corrected chi connectivity index (χ2v) is 7.24. The molecule has 0 aromatic heterocycles. The molecule has 1 aliphatic heterocycles. The highest BCUT2D eigenvalue weighted by atomic mass is 79.9. The summed E-state index contributed by atoms with van der Waals surface area (Å²) in [5.74, 6) is -0.396. The lowest BCUT2D eigenvalue weighted by molar-refractivity contribution is -0.122. The Balaban J connectivity index is 1.89. The van der Waals surface area contributed by atoms with Crippen LogP contribution in [0.15, 0.2) is 89.4 Å². The normalized spacial score (nSPS) is 16.1. The molecule has 0 N–H and O–H groups in total. The first-order chi connectivity index (χ1) is 12.6. The predicted octanol–water partition coefficient (Wildman–Crippen LogP) is 4.70. The minimum Gasteiger partial charge on any atom is -0.274 e. The average Bonchev–Trinajstić information content (AvgIpc) is 2.95. The van der Waals surface area contributed by atoms with Crippen LogP contribution in [0.4, 0.5) is 5.69 Å². The van der Waals surface area contributed by atoms with Crippen LogP contribution in [0.25, 0.3) is 0 Å². The second kappa shape index (κ2) is 6.54. The summed E-state index contributed by atoms with van der Waals surface area (Å²) in [5.41, 5.74) is 1.28. The Kier molecular flexibility index (Phi) is 4.21. The Morgan fingerprint density at radius 3 is 1.73 bits per heavy atom. The van der Waals surface area contributed by atoms with Gasteiger partial charge in [0.2, 0.25) is 11.8 Å². The second-order valence-electron chi connectivity index (χ2n) is 6.32. The van der Waals surface area contributed by atoms with Crippen molar-refractivity contribution in [2.45, 2.75) is 11.8 Å². The molecule has 1 heterocycles. The number of hydrogen-bond donors (Lipinski definition) is 0. The van der Waals surface area contributed by atoms with Gasteiger partial charge in [0.1, 0.15) is 5.41 Å². The number of rotatable bonds is 3. The summed E-state index contributed by atoms with van der Waals surface area (Å²) in [5, 5.41) is 0. The number of imide groups is 1. The van der Waals surface area contributed by atoms with Crippen molar-refractivity contribution >= 4 is 33.4 Å². The van der Waals surface area contributed by atoms with Crippen LogP contribution in [0.5, 0.6) is 0 Å². The van der Waals surface area contributed by atoms with E-state index in [0.717, 1.165) is 15.6 Å². The summed E-state index contributed by atoms with van der Waals surface area (Å²) >= 11 is 3.39. The Bertz CT molecular complexity index is 913. The van der Waals surface area contributed by atoms with Gasteiger partial charge in [0, 0.05) is 4.47 Å². The smallest absolute Gasteiger partial charge is 0.249 e. The van der Waals surface area contributed by atoms with Gasteiger partial charge in [-0.25, -0.2) is 4.90 Å². The molecular formula is C22H16BrNO2. The first-order valence-electron chi connectivity index (χ1n) is 8.37. The molecular weight excluding hydrogens is 390 g/mol. The van der Waals surface area contributed by atoms with E-state index in [1.807, 2.05) is 72.8 Å². The van der Waals surface area contributed by atoms with Crippen molar-refractivity contribution in [1.29, 1.82) is 0 Å². The maximum absolute atomic E-state index is 13.6. The van der Waals surface area contributed by atoms with E-state index in [1.54, 1.807) is 12.1 Å². The Morgan fingerprint density at radius 1 is 0.731 bits per heavy atom. The third-order valence-electron chi connectivity index (χ3n) is 4.85. The quantitative estimate of drug-likeness (QED) is 0.592. The first kappa shape index (κ1) is 16.7. The van der Waals surface area contributed by atoms with Gasteiger partial charge in [-0.1, -0.05) is 76.6 Å². The van der Waals surface area contributed by atoms with Crippen LogP contribution in [0.1, 0.15) is 17.5 Å². The molecule has 128 valence electrons. The third-order valence-corrected chi connectivity index (χ3v) is 5.38. The molecule has 0 saturated carbocycles. The van der Waals surface area contributed by atoms with Gasteiger partial charge in [-0.05, 0) is 35.4 Å². The number of benzene rings is 3. The van der Waals surface area contributed by atoms with Crippen molar-refractivity contribution in [2.24, 2.45) is 0 Å². The highest BCUT2D eigenvalue weighted by Crippen LogP contribution is 2.44. The van der Waals surface area contributed by atoms with E-state index in [9.17, 15) is 9.59 Å². The van der Waals surface area contributed by atoms with E-state index < -0.39 is 5.41 Å². The van der Waals surface area contributed by atoms with Crippen molar-refractivity contribution in [3.05, 3.63) is 101 Å². The van der Waals surface area contributed by atoms with Crippen LogP contribution in [0.2, 0.25) is 0 Å². The molecule has 3 nitrogen and oxygen atoms in total. The van der Waals surface area contributed by atoms with Crippen LogP contribution in [0, 0.1) is 0 Å². The molecule has 0 bridgehead atoms. The summed E-state index contributed by atoms with van der Waals surface area (Å²) in [7, 11) is 0. The molecule has 0 radical (unpaired) electrons. The van der Waals surface area contributed by atoms with Gasteiger partial charge in [0.15, 0.2) is 0 Å². The number of carbonyl (C=O) groups excluding carboxylic acids is 2. The first-order valence-corrected chi connectivity index (χ1v) is 9.16. The minimum atomic E-state index is -0.993. The van der Waals surface area contributed by atoms with Crippen LogP contribution in [-0.4, -0.2) is 11.8 Å². The van der Waals surface area contributed by atoms with Crippen molar-refractivity contribution in [2.75, 3.05) is 4.90 Å². The van der Waals surface area contributed by atoms with Crippen LogP contribution < -0.4 is 4.90 Å². The minimum absolute atomic E-state index is 0.121. The van der Waals surface area contributed by atoms with Gasteiger partial charge in [0.25, 0.3) is 0 Å². The fourth-order valence-electron chi connectivity index (χ4n) is 3.60. The van der Waals surface area contributed by atoms with E-state index >= 15 is 0 Å². The van der Waals surface area contributed by atoms with Crippen LogP contribution in [-0.2, 0) is 15.0 Å². The standard InChI is InChI=1S/C22H16BrNO2/c23-18-11-13-19(14-12-18)24-20(25)15-22(21(24)26,16-7-3-1-4-8-16)17-9-5-2-6-10-17/h1-14H,15H2. The SMILES string of the molecule is O=C1CC(c2ccccc2)(c2ccccc2)C(=O)N1c1ccc(Br)cc1. The van der Waals surface area contributed by atoms with E-state index in [1.165, 1.54) is 4.90 Å². The van der Waals surface area contributed by atoms with Gasteiger partial charge in [-0.15, -0.1) is 0 Å². The van der Waals surface area contributed by atoms with Crippen molar-refractivity contribution in [3.8, 4) is 0 Å². The lowest BCUT2D eigenvalue weighted by atomic mass is 9.73. The maximum Gasteiger partial charge on any atom is 0.249 e. The molecule has 0 atom stereocenters. The molecule has 26 heavy (non-hydrogen) atoms. The van der Waals surface area contributed by atoms with Gasteiger partial charge >= 0.3 is 0 Å². The topological polar surface area (TPSA) is 37.4 Å². The lowest BCUT2D eigenvalue weighted by Gasteiger charge is -2.28. The Labute approximate surface area is 160 Å². The van der Waals surface area contributed by atoms with Crippen molar-refractivity contribution in [1.82, 2.24) is 0 Å². The number of hydrogen-bond acceptors (Lipinski definition) is 2. The number of nitrogens with zero attached hydrogens (tertiary/aromatic N) is 1. The number of amides is 2. The molecule has 3 aromatic rings. The Hall–Kier alpha value is -2.72. The van der Waals surface area contributed by atoms with Crippen LogP contribution in [0.3, 0.4) is 0 Å². The predicted molar refractivity (Wildman–Crippen MR) is 105 cm³/mol. The molecule has 3 aromatic carbocycles. The van der Waals surface area contributed by atoms with Gasteiger partial charge in [-0.2, -0.15) is 0 Å². The van der Waals surface area contributed by atoms with Crippen molar-refractivity contribution < 1.29 is 9.59 Å². The van der Waals surface area contributed by atoms with E-state index in [-0.39, 0.29) is 18.2 Å².